The van der Waals surface area contributed by atoms with E-state index in [9.17, 15) is 9.50 Å². The first-order valence-electron chi connectivity index (χ1n) is 6.21. The van der Waals surface area contributed by atoms with Crippen molar-refractivity contribution < 1.29 is 9.50 Å². The first-order chi connectivity index (χ1) is 8.47. The summed E-state index contributed by atoms with van der Waals surface area (Å²) in [5.74, 6) is -0.216. The largest absolute Gasteiger partial charge is 0.394 e. The molecule has 0 heterocycles. The number of likely N-dealkylation sites (N-methyl/N-ethyl adjacent to an activating group) is 1. The number of hydrogen-bond acceptors (Lipinski definition) is 3. The molecular formula is C14H23FN2O. The van der Waals surface area contributed by atoms with Crippen LogP contribution in [0.4, 0.5) is 4.39 Å². The Labute approximate surface area is 109 Å². The third-order valence-electron chi connectivity index (χ3n) is 3.00. The lowest BCUT2D eigenvalue weighted by atomic mass is 9.93. The number of halogens is 1. The van der Waals surface area contributed by atoms with Gasteiger partial charge in [-0.1, -0.05) is 18.2 Å². The average Bonchev–Trinajstić information content (AvgIpc) is 2.32. The van der Waals surface area contributed by atoms with Crippen molar-refractivity contribution in [3.63, 3.8) is 0 Å². The molecule has 0 aliphatic heterocycles. The number of rotatable bonds is 7. The molecule has 1 aromatic rings. The van der Waals surface area contributed by atoms with Gasteiger partial charge in [-0.2, -0.15) is 0 Å². The molecule has 102 valence electrons. The third-order valence-corrected chi connectivity index (χ3v) is 3.00. The maximum atomic E-state index is 13.6. The van der Waals surface area contributed by atoms with Crippen LogP contribution in [-0.4, -0.2) is 49.3 Å². The maximum Gasteiger partial charge on any atom is 0.126 e. The fraction of sp³-hybridized carbons (Fsp3) is 0.571. The molecule has 0 fully saturated rings. The Morgan fingerprint density at radius 3 is 2.56 bits per heavy atom. The van der Waals surface area contributed by atoms with Gasteiger partial charge in [0.25, 0.3) is 0 Å². The molecule has 1 rings (SSSR count). The van der Waals surface area contributed by atoms with Crippen LogP contribution < -0.4 is 5.32 Å². The highest BCUT2D eigenvalue weighted by Gasteiger charge is 2.24. The van der Waals surface area contributed by atoms with Gasteiger partial charge in [-0.3, -0.25) is 0 Å². The summed E-state index contributed by atoms with van der Waals surface area (Å²) in [6, 6.07) is 6.70. The summed E-state index contributed by atoms with van der Waals surface area (Å²) < 4.78 is 13.6. The Morgan fingerprint density at radius 1 is 1.33 bits per heavy atom. The standard InChI is InChI=1S/C14H23FN2O/c1-14(11-18,16-8-9-17(2)3)10-12-6-4-5-7-13(12)15/h4-7,16,18H,8-11H2,1-3H3. The Hall–Kier alpha value is -0.970. The number of nitrogens with one attached hydrogen (secondary N) is 1. The van der Waals surface area contributed by atoms with Crippen LogP contribution in [0.2, 0.25) is 0 Å². The third kappa shape index (κ3) is 4.72. The van der Waals surface area contributed by atoms with Gasteiger partial charge in [-0.15, -0.1) is 0 Å². The molecule has 0 saturated carbocycles. The van der Waals surface area contributed by atoms with Gasteiger partial charge in [0.2, 0.25) is 0 Å². The maximum absolute atomic E-state index is 13.6. The van der Waals surface area contributed by atoms with E-state index in [4.69, 9.17) is 0 Å². The van der Waals surface area contributed by atoms with Crippen LogP contribution in [0.15, 0.2) is 24.3 Å². The Morgan fingerprint density at radius 2 is 2.00 bits per heavy atom. The molecule has 0 aromatic heterocycles. The van der Waals surface area contributed by atoms with Crippen LogP contribution in [0.25, 0.3) is 0 Å². The minimum atomic E-state index is -0.488. The molecule has 0 aliphatic rings. The fourth-order valence-corrected chi connectivity index (χ4v) is 1.82. The van der Waals surface area contributed by atoms with Crippen molar-refractivity contribution in [1.82, 2.24) is 10.2 Å². The van der Waals surface area contributed by atoms with Crippen LogP contribution >= 0.6 is 0 Å². The highest BCUT2D eigenvalue weighted by atomic mass is 19.1. The number of aliphatic hydroxyl groups excluding tert-OH is 1. The van der Waals surface area contributed by atoms with Gasteiger partial charge >= 0.3 is 0 Å². The van der Waals surface area contributed by atoms with Crippen molar-refractivity contribution in [2.75, 3.05) is 33.8 Å². The lowest BCUT2D eigenvalue weighted by Gasteiger charge is -2.30. The predicted molar refractivity (Wildman–Crippen MR) is 72.2 cm³/mol. The van der Waals surface area contributed by atoms with E-state index in [-0.39, 0.29) is 12.4 Å². The normalized spacial score (nSPS) is 14.8. The molecule has 18 heavy (non-hydrogen) atoms. The monoisotopic (exact) mass is 254 g/mol. The van der Waals surface area contributed by atoms with Crippen molar-refractivity contribution in [2.45, 2.75) is 18.9 Å². The number of hydrogen-bond donors (Lipinski definition) is 2. The summed E-state index contributed by atoms with van der Waals surface area (Å²) in [4.78, 5) is 2.06. The van der Waals surface area contributed by atoms with Crippen molar-refractivity contribution in [3.8, 4) is 0 Å². The second-order valence-corrected chi connectivity index (χ2v) is 5.22. The van der Waals surface area contributed by atoms with E-state index in [0.29, 0.717) is 12.0 Å². The molecule has 1 atom stereocenters. The predicted octanol–water partition coefficient (Wildman–Crippen LogP) is 1.27. The number of aliphatic hydroxyl groups is 1. The number of benzene rings is 1. The molecule has 4 heteroatoms. The van der Waals surface area contributed by atoms with Gasteiger partial charge in [0.15, 0.2) is 0 Å². The van der Waals surface area contributed by atoms with E-state index < -0.39 is 5.54 Å². The second-order valence-electron chi connectivity index (χ2n) is 5.22. The highest BCUT2D eigenvalue weighted by molar-refractivity contribution is 5.20. The van der Waals surface area contributed by atoms with Gasteiger partial charge in [-0.25, -0.2) is 4.39 Å². The van der Waals surface area contributed by atoms with Crippen molar-refractivity contribution in [3.05, 3.63) is 35.6 Å². The van der Waals surface area contributed by atoms with Crippen molar-refractivity contribution in [1.29, 1.82) is 0 Å². The summed E-state index contributed by atoms with van der Waals surface area (Å²) in [5.41, 5.74) is 0.143. The summed E-state index contributed by atoms with van der Waals surface area (Å²) in [7, 11) is 3.99. The van der Waals surface area contributed by atoms with Gasteiger partial charge in [0.1, 0.15) is 5.82 Å². The lowest BCUT2D eigenvalue weighted by molar-refractivity contribution is 0.170. The smallest absolute Gasteiger partial charge is 0.126 e. The molecule has 1 unspecified atom stereocenters. The van der Waals surface area contributed by atoms with Crippen molar-refractivity contribution >= 4 is 0 Å². The molecule has 0 amide bonds. The van der Waals surface area contributed by atoms with E-state index in [1.807, 2.05) is 27.1 Å². The quantitative estimate of drug-likeness (QED) is 0.769. The Kier molecular flexibility index (Phi) is 5.72. The molecule has 0 spiro atoms. The zero-order valence-electron chi connectivity index (χ0n) is 11.4. The molecule has 2 N–H and O–H groups in total. The fourth-order valence-electron chi connectivity index (χ4n) is 1.82. The van der Waals surface area contributed by atoms with Gasteiger partial charge in [-0.05, 0) is 39.1 Å². The van der Waals surface area contributed by atoms with Crippen LogP contribution in [0.5, 0.6) is 0 Å². The van der Waals surface area contributed by atoms with Gasteiger partial charge < -0.3 is 15.3 Å². The Bertz CT molecular complexity index is 371. The van der Waals surface area contributed by atoms with Gasteiger partial charge in [0.05, 0.1) is 6.61 Å². The minimum Gasteiger partial charge on any atom is -0.394 e. The molecule has 0 bridgehead atoms. The summed E-state index contributed by atoms with van der Waals surface area (Å²) in [6.07, 6.45) is 0.476. The lowest BCUT2D eigenvalue weighted by Crippen LogP contribution is -2.49. The van der Waals surface area contributed by atoms with E-state index in [2.05, 4.69) is 10.2 Å². The first kappa shape index (κ1) is 15.1. The van der Waals surface area contributed by atoms with Gasteiger partial charge in [0, 0.05) is 18.6 Å². The molecule has 0 aliphatic carbocycles. The van der Waals surface area contributed by atoms with E-state index in [1.54, 1.807) is 12.1 Å². The second kappa shape index (κ2) is 6.83. The summed E-state index contributed by atoms with van der Waals surface area (Å²) in [6.45, 7) is 3.54. The summed E-state index contributed by atoms with van der Waals surface area (Å²) >= 11 is 0. The van der Waals surface area contributed by atoms with Crippen LogP contribution in [-0.2, 0) is 6.42 Å². The summed E-state index contributed by atoms with van der Waals surface area (Å²) in [5, 5.41) is 12.8. The molecular weight excluding hydrogens is 231 g/mol. The SMILES string of the molecule is CN(C)CCNC(C)(CO)Cc1ccccc1F. The molecule has 1 aromatic carbocycles. The van der Waals surface area contributed by atoms with Crippen molar-refractivity contribution in [2.24, 2.45) is 0 Å². The van der Waals surface area contributed by atoms with Crippen LogP contribution in [0.3, 0.4) is 0 Å². The minimum absolute atomic E-state index is 0.0191. The van der Waals surface area contributed by atoms with E-state index >= 15 is 0 Å². The molecule has 0 saturated heterocycles. The van der Waals surface area contributed by atoms with E-state index in [0.717, 1.165) is 13.1 Å². The zero-order chi connectivity index (χ0) is 13.6. The topological polar surface area (TPSA) is 35.5 Å². The Balaban J connectivity index is 2.62. The number of nitrogens with zero attached hydrogens (tertiary/aromatic N) is 1. The molecule has 3 nitrogen and oxygen atoms in total. The van der Waals surface area contributed by atoms with E-state index in [1.165, 1.54) is 6.07 Å². The van der Waals surface area contributed by atoms with Crippen LogP contribution in [0, 0.1) is 5.82 Å². The molecule has 0 radical (unpaired) electrons. The average molecular weight is 254 g/mol. The van der Waals surface area contributed by atoms with Crippen LogP contribution in [0.1, 0.15) is 12.5 Å². The zero-order valence-corrected chi connectivity index (χ0v) is 11.4. The highest BCUT2D eigenvalue weighted by Crippen LogP contribution is 2.15. The first-order valence-corrected chi connectivity index (χ1v) is 6.21.